The molecule has 0 bridgehead atoms. The second-order valence-corrected chi connectivity index (χ2v) is 10.9. The van der Waals surface area contributed by atoms with Gasteiger partial charge in [-0.3, -0.25) is 0 Å². The monoisotopic (exact) mass is 452 g/mol. The minimum absolute atomic E-state index is 0.189. The molecule has 2 saturated carbocycles. The zero-order valence-electron chi connectivity index (χ0n) is 20.6. The molecule has 0 nitrogen and oxygen atoms in total. The van der Waals surface area contributed by atoms with Crippen molar-refractivity contribution in [3.8, 4) is 0 Å². The lowest BCUT2D eigenvalue weighted by Crippen LogP contribution is -2.30. The van der Waals surface area contributed by atoms with Gasteiger partial charge in [0.1, 0.15) is 11.6 Å². The number of benzene rings is 2. The van der Waals surface area contributed by atoms with Crippen LogP contribution in [-0.4, -0.2) is 0 Å². The SMILES string of the molecule is C=CCCc1cc2ccc([C@@H]3CC[C@@H]4CC(CCCCCCC)CCC4C3)c(F)c2cc1F. The molecule has 0 heterocycles. The van der Waals surface area contributed by atoms with Crippen molar-refractivity contribution in [2.24, 2.45) is 17.8 Å². The van der Waals surface area contributed by atoms with Crippen molar-refractivity contribution < 1.29 is 8.78 Å². The van der Waals surface area contributed by atoms with Crippen LogP contribution in [0.5, 0.6) is 0 Å². The van der Waals surface area contributed by atoms with E-state index in [0.717, 1.165) is 48.0 Å². The molecule has 2 heteroatoms. The van der Waals surface area contributed by atoms with Gasteiger partial charge in [-0.1, -0.05) is 70.1 Å². The zero-order chi connectivity index (χ0) is 23.2. The fourth-order valence-corrected chi connectivity index (χ4v) is 6.71. The summed E-state index contributed by atoms with van der Waals surface area (Å²) in [6, 6.07) is 7.23. The van der Waals surface area contributed by atoms with E-state index in [1.807, 2.05) is 18.2 Å². The lowest BCUT2D eigenvalue weighted by molar-refractivity contribution is 0.112. The van der Waals surface area contributed by atoms with E-state index in [1.54, 1.807) is 6.08 Å². The average molecular weight is 453 g/mol. The van der Waals surface area contributed by atoms with Crippen LogP contribution in [0.2, 0.25) is 0 Å². The summed E-state index contributed by atoms with van der Waals surface area (Å²) in [5.74, 6) is 2.30. The number of unbranched alkanes of at least 4 members (excludes halogenated alkanes) is 4. The first-order valence-corrected chi connectivity index (χ1v) is 13.6. The molecule has 2 aliphatic rings. The Labute approximate surface area is 199 Å². The first kappa shape index (κ1) is 24.4. The molecule has 33 heavy (non-hydrogen) atoms. The van der Waals surface area contributed by atoms with Crippen LogP contribution in [0, 0.1) is 29.4 Å². The third-order valence-corrected chi connectivity index (χ3v) is 8.65. The molecule has 2 aromatic rings. The molecule has 0 spiro atoms. The van der Waals surface area contributed by atoms with E-state index in [9.17, 15) is 4.39 Å². The third kappa shape index (κ3) is 5.87. The van der Waals surface area contributed by atoms with Crippen molar-refractivity contribution in [3.05, 3.63) is 59.7 Å². The molecule has 0 N–H and O–H groups in total. The van der Waals surface area contributed by atoms with Gasteiger partial charge in [0.05, 0.1) is 0 Å². The van der Waals surface area contributed by atoms with E-state index in [1.165, 1.54) is 70.3 Å². The van der Waals surface area contributed by atoms with Gasteiger partial charge in [0.2, 0.25) is 0 Å². The van der Waals surface area contributed by atoms with Crippen LogP contribution in [0.3, 0.4) is 0 Å². The summed E-state index contributed by atoms with van der Waals surface area (Å²) in [6.07, 6.45) is 18.9. The van der Waals surface area contributed by atoms with Crippen LogP contribution in [0.15, 0.2) is 36.9 Å². The van der Waals surface area contributed by atoms with Crippen molar-refractivity contribution in [1.29, 1.82) is 0 Å². The van der Waals surface area contributed by atoms with Crippen LogP contribution in [0.25, 0.3) is 10.8 Å². The Hall–Kier alpha value is -1.70. The van der Waals surface area contributed by atoms with E-state index in [2.05, 4.69) is 13.5 Å². The smallest absolute Gasteiger partial charge is 0.134 e. The van der Waals surface area contributed by atoms with Gasteiger partial charge >= 0.3 is 0 Å². The van der Waals surface area contributed by atoms with E-state index in [4.69, 9.17) is 0 Å². The highest BCUT2D eigenvalue weighted by Crippen LogP contribution is 2.49. The minimum Gasteiger partial charge on any atom is -0.207 e. The Kier molecular flexibility index (Phi) is 8.61. The third-order valence-electron chi connectivity index (χ3n) is 8.65. The number of hydrogen-bond acceptors (Lipinski definition) is 0. The maximum absolute atomic E-state index is 15.5. The van der Waals surface area contributed by atoms with Crippen molar-refractivity contribution in [1.82, 2.24) is 0 Å². The second-order valence-electron chi connectivity index (χ2n) is 10.9. The molecule has 0 radical (unpaired) electrons. The van der Waals surface area contributed by atoms with Gasteiger partial charge in [-0.05, 0) is 97.3 Å². The first-order chi connectivity index (χ1) is 16.1. The second kappa shape index (κ2) is 11.6. The van der Waals surface area contributed by atoms with Crippen molar-refractivity contribution in [2.75, 3.05) is 0 Å². The van der Waals surface area contributed by atoms with Gasteiger partial charge < -0.3 is 0 Å². The fourth-order valence-electron chi connectivity index (χ4n) is 6.71. The number of hydrogen-bond donors (Lipinski definition) is 0. The molecule has 2 aromatic carbocycles. The van der Waals surface area contributed by atoms with Gasteiger partial charge in [0.25, 0.3) is 0 Å². The molecule has 0 aromatic heterocycles. The Morgan fingerprint density at radius 2 is 1.73 bits per heavy atom. The molecule has 0 aliphatic heterocycles. The highest BCUT2D eigenvalue weighted by atomic mass is 19.1. The molecule has 4 atom stereocenters. The summed E-state index contributed by atoms with van der Waals surface area (Å²) < 4.78 is 30.2. The Morgan fingerprint density at radius 3 is 2.55 bits per heavy atom. The lowest BCUT2D eigenvalue weighted by atomic mass is 9.63. The summed E-state index contributed by atoms with van der Waals surface area (Å²) >= 11 is 0. The zero-order valence-corrected chi connectivity index (χ0v) is 20.6. The maximum atomic E-state index is 15.5. The summed E-state index contributed by atoms with van der Waals surface area (Å²) in [4.78, 5) is 0. The number of aryl methyl sites for hydroxylation is 1. The first-order valence-electron chi connectivity index (χ1n) is 13.6. The normalized spacial score (nSPS) is 25.2. The van der Waals surface area contributed by atoms with Crippen LogP contribution in [-0.2, 0) is 6.42 Å². The predicted molar refractivity (Wildman–Crippen MR) is 137 cm³/mol. The van der Waals surface area contributed by atoms with Crippen molar-refractivity contribution >= 4 is 10.8 Å². The predicted octanol–water partition coefficient (Wildman–Crippen LogP) is 9.90. The number of fused-ring (bicyclic) bond motifs is 2. The van der Waals surface area contributed by atoms with E-state index in [0.29, 0.717) is 17.4 Å². The molecule has 2 unspecified atom stereocenters. The van der Waals surface area contributed by atoms with E-state index < -0.39 is 0 Å². The van der Waals surface area contributed by atoms with Crippen LogP contribution >= 0.6 is 0 Å². The largest absolute Gasteiger partial charge is 0.207 e. The topological polar surface area (TPSA) is 0 Å². The summed E-state index contributed by atoms with van der Waals surface area (Å²) in [5.41, 5.74) is 1.47. The Morgan fingerprint density at radius 1 is 0.939 bits per heavy atom. The Balaban J connectivity index is 1.38. The van der Waals surface area contributed by atoms with Crippen LogP contribution in [0.1, 0.15) is 107 Å². The molecule has 4 rings (SSSR count). The minimum atomic E-state index is -0.294. The lowest BCUT2D eigenvalue weighted by Gasteiger charge is -2.42. The molecular weight excluding hydrogens is 410 g/mol. The summed E-state index contributed by atoms with van der Waals surface area (Å²) in [6.45, 7) is 6.00. The maximum Gasteiger partial charge on any atom is 0.134 e. The van der Waals surface area contributed by atoms with Gasteiger partial charge in [-0.15, -0.1) is 6.58 Å². The van der Waals surface area contributed by atoms with Gasteiger partial charge in [0, 0.05) is 5.39 Å². The molecular formula is C31H42F2. The molecule has 2 aliphatic carbocycles. The highest BCUT2D eigenvalue weighted by Gasteiger charge is 2.36. The van der Waals surface area contributed by atoms with Crippen LogP contribution in [0.4, 0.5) is 8.78 Å². The van der Waals surface area contributed by atoms with Gasteiger partial charge in [0.15, 0.2) is 0 Å². The van der Waals surface area contributed by atoms with Crippen LogP contribution < -0.4 is 0 Å². The number of rotatable bonds is 10. The van der Waals surface area contributed by atoms with Crippen molar-refractivity contribution in [2.45, 2.75) is 103 Å². The van der Waals surface area contributed by atoms with E-state index in [-0.39, 0.29) is 17.6 Å². The average Bonchev–Trinajstić information content (AvgIpc) is 2.83. The summed E-state index contributed by atoms with van der Waals surface area (Å²) in [5, 5.41) is 1.26. The summed E-state index contributed by atoms with van der Waals surface area (Å²) in [7, 11) is 0. The fraction of sp³-hybridized carbons (Fsp3) is 0.613. The molecule has 180 valence electrons. The molecule has 0 amide bonds. The van der Waals surface area contributed by atoms with Gasteiger partial charge in [-0.25, -0.2) is 8.78 Å². The molecule has 0 saturated heterocycles. The van der Waals surface area contributed by atoms with Gasteiger partial charge in [-0.2, -0.15) is 0 Å². The quantitative estimate of drug-likeness (QED) is 0.248. The standard InChI is InChI=1S/C31H42F2/c1-3-5-7-8-9-10-22-12-13-24-19-25(15-14-23(24)18-22)28-17-16-26-20-27(11-6-4-2)30(32)21-29(26)31(28)33/h4,16-17,20-25H,2-3,5-15,18-19H2,1H3/t22?,23-,24?,25-/m1/s1. The molecule has 2 fully saturated rings. The highest BCUT2D eigenvalue weighted by molar-refractivity contribution is 5.85. The number of halogens is 2. The van der Waals surface area contributed by atoms with E-state index >= 15 is 4.39 Å². The van der Waals surface area contributed by atoms with Crippen molar-refractivity contribution in [3.63, 3.8) is 0 Å². The number of allylic oxidation sites excluding steroid dienone is 1. The Bertz CT molecular complexity index is 930.